The van der Waals surface area contributed by atoms with Crippen molar-refractivity contribution in [2.24, 2.45) is 10.7 Å². The number of aliphatic imine (C=N–C) groups is 1. The number of aryl methyl sites for hydroxylation is 1. The standard InChI is InChI=1S/C18H19FN4OS.ClH/c1-11-4-3-5-14(21-11)16(24)22-15-10-12(6-7-13(15)19)18(2)8-9-25-17(20)23-18;/h3-7,10H,8-9H2,1-2H3,(H2,20,23)(H,22,24);1H. The summed E-state index contributed by atoms with van der Waals surface area (Å²) in [6.07, 6.45) is 0.789. The van der Waals surface area contributed by atoms with Crippen LogP contribution in [0, 0.1) is 12.7 Å². The van der Waals surface area contributed by atoms with Gasteiger partial charge in [-0.2, -0.15) is 0 Å². The first-order valence-corrected chi connectivity index (χ1v) is 8.89. The number of pyridine rings is 1. The van der Waals surface area contributed by atoms with E-state index in [1.54, 1.807) is 37.3 Å². The second-order valence-electron chi connectivity index (χ2n) is 6.14. The van der Waals surface area contributed by atoms with Crippen molar-refractivity contribution in [2.45, 2.75) is 25.8 Å². The Morgan fingerprint density at radius 3 is 2.81 bits per heavy atom. The number of halogens is 2. The van der Waals surface area contributed by atoms with Crippen LogP contribution in [0.4, 0.5) is 10.1 Å². The molecule has 1 atom stereocenters. The first-order valence-electron chi connectivity index (χ1n) is 7.90. The van der Waals surface area contributed by atoms with Crippen molar-refractivity contribution < 1.29 is 9.18 Å². The number of anilines is 1. The first-order chi connectivity index (χ1) is 11.9. The minimum absolute atomic E-state index is 0. The monoisotopic (exact) mass is 394 g/mol. The van der Waals surface area contributed by atoms with Gasteiger partial charge in [-0.1, -0.05) is 23.9 Å². The molecular weight excluding hydrogens is 375 g/mol. The van der Waals surface area contributed by atoms with E-state index < -0.39 is 17.3 Å². The van der Waals surface area contributed by atoms with Gasteiger partial charge in [0.05, 0.1) is 11.2 Å². The Bertz CT molecular complexity index is 861. The first kappa shape index (κ1) is 20.2. The Balaban J connectivity index is 0.00000243. The molecule has 26 heavy (non-hydrogen) atoms. The number of aromatic nitrogens is 1. The fraction of sp³-hybridized carbons (Fsp3) is 0.278. The molecule has 5 nitrogen and oxygen atoms in total. The lowest BCUT2D eigenvalue weighted by Crippen LogP contribution is -2.29. The lowest BCUT2D eigenvalue weighted by molar-refractivity contribution is 0.102. The lowest BCUT2D eigenvalue weighted by atomic mass is 9.89. The molecule has 0 aliphatic carbocycles. The summed E-state index contributed by atoms with van der Waals surface area (Å²) in [4.78, 5) is 21.0. The number of rotatable bonds is 3. The highest BCUT2D eigenvalue weighted by Crippen LogP contribution is 2.36. The minimum Gasteiger partial charge on any atom is -0.379 e. The van der Waals surface area contributed by atoms with E-state index >= 15 is 0 Å². The second-order valence-corrected chi connectivity index (χ2v) is 7.25. The van der Waals surface area contributed by atoms with Gasteiger partial charge in [0.25, 0.3) is 5.91 Å². The average Bonchev–Trinajstić information content (AvgIpc) is 2.56. The smallest absolute Gasteiger partial charge is 0.274 e. The van der Waals surface area contributed by atoms with Crippen LogP contribution in [0.5, 0.6) is 0 Å². The van der Waals surface area contributed by atoms with Crippen molar-refractivity contribution in [1.29, 1.82) is 0 Å². The molecular formula is C18H20ClFN4OS. The van der Waals surface area contributed by atoms with Gasteiger partial charge in [-0.05, 0) is 50.1 Å². The highest BCUT2D eigenvalue weighted by Gasteiger charge is 2.30. The number of amides is 1. The molecule has 0 bridgehead atoms. The van der Waals surface area contributed by atoms with E-state index in [9.17, 15) is 9.18 Å². The van der Waals surface area contributed by atoms with Gasteiger partial charge in [-0.3, -0.25) is 9.79 Å². The number of hydrogen-bond acceptors (Lipinski definition) is 5. The van der Waals surface area contributed by atoms with Crippen LogP contribution in [0.3, 0.4) is 0 Å². The van der Waals surface area contributed by atoms with Gasteiger partial charge in [-0.15, -0.1) is 12.4 Å². The molecule has 0 saturated carbocycles. The second kappa shape index (κ2) is 8.05. The van der Waals surface area contributed by atoms with Crippen LogP contribution in [0.25, 0.3) is 0 Å². The minimum atomic E-state index is -0.524. The molecule has 1 aliphatic rings. The van der Waals surface area contributed by atoms with E-state index in [1.165, 1.54) is 17.8 Å². The van der Waals surface area contributed by atoms with Crippen LogP contribution in [0.1, 0.15) is 35.1 Å². The highest BCUT2D eigenvalue weighted by molar-refractivity contribution is 8.13. The summed E-state index contributed by atoms with van der Waals surface area (Å²) in [7, 11) is 0. The molecule has 8 heteroatoms. The van der Waals surface area contributed by atoms with E-state index in [0.29, 0.717) is 5.17 Å². The fourth-order valence-electron chi connectivity index (χ4n) is 2.71. The molecule has 2 heterocycles. The van der Waals surface area contributed by atoms with E-state index in [-0.39, 0.29) is 23.8 Å². The number of carbonyl (C=O) groups excluding carboxylic acids is 1. The van der Waals surface area contributed by atoms with Crippen molar-refractivity contribution in [1.82, 2.24) is 4.98 Å². The lowest BCUT2D eigenvalue weighted by Gasteiger charge is -2.30. The number of hydrogen-bond donors (Lipinski definition) is 2. The molecule has 1 amide bonds. The van der Waals surface area contributed by atoms with Crippen molar-refractivity contribution >= 4 is 40.9 Å². The normalized spacial score (nSPS) is 19.3. The average molecular weight is 395 g/mol. The van der Waals surface area contributed by atoms with E-state index in [4.69, 9.17) is 5.73 Å². The molecule has 0 radical (unpaired) electrons. The maximum absolute atomic E-state index is 14.2. The summed E-state index contributed by atoms with van der Waals surface area (Å²) < 4.78 is 14.2. The van der Waals surface area contributed by atoms with Gasteiger partial charge in [0.15, 0.2) is 5.17 Å². The molecule has 0 fully saturated rings. The zero-order valence-electron chi connectivity index (χ0n) is 14.5. The fourth-order valence-corrected chi connectivity index (χ4v) is 3.68. The molecule has 138 valence electrons. The quantitative estimate of drug-likeness (QED) is 0.828. The molecule has 3 rings (SSSR count). The number of carbonyl (C=O) groups is 1. The molecule has 1 unspecified atom stereocenters. The Hall–Kier alpha value is -2.12. The number of nitrogens with one attached hydrogen (secondary N) is 1. The number of thioether (sulfide) groups is 1. The zero-order chi connectivity index (χ0) is 18.0. The summed E-state index contributed by atoms with van der Waals surface area (Å²) in [5, 5.41) is 3.12. The SMILES string of the molecule is Cc1cccc(C(=O)Nc2cc(C3(C)CCSC(N)=N3)ccc2F)n1.Cl. The van der Waals surface area contributed by atoms with E-state index in [2.05, 4.69) is 15.3 Å². The van der Waals surface area contributed by atoms with E-state index in [1.807, 2.05) is 6.92 Å². The Morgan fingerprint density at radius 2 is 2.12 bits per heavy atom. The molecule has 0 spiro atoms. The third-order valence-electron chi connectivity index (χ3n) is 4.15. The van der Waals surface area contributed by atoms with E-state index in [0.717, 1.165) is 23.4 Å². The van der Waals surface area contributed by atoms with Crippen molar-refractivity contribution in [3.63, 3.8) is 0 Å². The van der Waals surface area contributed by atoms with Crippen molar-refractivity contribution in [3.05, 3.63) is 59.2 Å². The van der Waals surface area contributed by atoms with Crippen LogP contribution < -0.4 is 11.1 Å². The summed E-state index contributed by atoms with van der Waals surface area (Å²) in [5.74, 6) is -0.111. The Kier molecular flexibility index (Phi) is 6.26. The highest BCUT2D eigenvalue weighted by atomic mass is 35.5. The topological polar surface area (TPSA) is 80.4 Å². The summed E-state index contributed by atoms with van der Waals surface area (Å²) in [6.45, 7) is 3.75. The molecule has 3 N–H and O–H groups in total. The largest absolute Gasteiger partial charge is 0.379 e. The summed E-state index contributed by atoms with van der Waals surface area (Å²) in [6, 6.07) is 9.77. The van der Waals surface area contributed by atoms with Crippen LogP contribution in [-0.4, -0.2) is 21.8 Å². The van der Waals surface area contributed by atoms with Crippen LogP contribution in [-0.2, 0) is 5.54 Å². The van der Waals surface area contributed by atoms with Crippen molar-refractivity contribution in [3.8, 4) is 0 Å². The predicted octanol–water partition coefficient (Wildman–Crippen LogP) is 3.87. The number of nitrogens with zero attached hydrogens (tertiary/aromatic N) is 2. The van der Waals surface area contributed by atoms with Gasteiger partial charge < -0.3 is 11.1 Å². The zero-order valence-corrected chi connectivity index (χ0v) is 16.1. The number of nitrogens with two attached hydrogens (primary N) is 1. The molecule has 1 aliphatic heterocycles. The molecule has 0 saturated heterocycles. The molecule has 1 aromatic carbocycles. The Labute approximate surface area is 162 Å². The number of benzene rings is 1. The molecule has 2 aromatic rings. The maximum atomic E-state index is 14.2. The number of amidine groups is 1. The van der Waals surface area contributed by atoms with Crippen LogP contribution in [0.15, 0.2) is 41.4 Å². The van der Waals surface area contributed by atoms with Gasteiger partial charge in [0.2, 0.25) is 0 Å². The van der Waals surface area contributed by atoms with Crippen molar-refractivity contribution in [2.75, 3.05) is 11.1 Å². The van der Waals surface area contributed by atoms with Crippen LogP contribution in [0.2, 0.25) is 0 Å². The summed E-state index contributed by atoms with van der Waals surface area (Å²) >= 11 is 1.51. The summed E-state index contributed by atoms with van der Waals surface area (Å²) in [5.41, 5.74) is 7.21. The van der Waals surface area contributed by atoms with Gasteiger partial charge in [0.1, 0.15) is 11.5 Å². The predicted molar refractivity (Wildman–Crippen MR) is 107 cm³/mol. The van der Waals surface area contributed by atoms with Gasteiger partial charge >= 0.3 is 0 Å². The third-order valence-corrected chi connectivity index (χ3v) is 4.95. The van der Waals surface area contributed by atoms with Gasteiger partial charge in [0, 0.05) is 11.4 Å². The van der Waals surface area contributed by atoms with Gasteiger partial charge in [-0.25, -0.2) is 9.37 Å². The third kappa shape index (κ3) is 4.34. The van der Waals surface area contributed by atoms with Crippen LogP contribution >= 0.6 is 24.2 Å². The Morgan fingerprint density at radius 1 is 1.35 bits per heavy atom. The maximum Gasteiger partial charge on any atom is 0.274 e. The molecule has 1 aromatic heterocycles.